The fraction of sp³-hybridized carbons (Fsp3) is 0.375. The van der Waals surface area contributed by atoms with Crippen LogP contribution in [0.2, 0.25) is 0 Å². The van der Waals surface area contributed by atoms with Gasteiger partial charge < -0.3 is 10.3 Å². The highest BCUT2D eigenvalue weighted by Crippen LogP contribution is 2.22. The molecule has 1 aromatic heterocycles. The van der Waals surface area contributed by atoms with E-state index in [0.717, 1.165) is 23.7 Å². The predicted molar refractivity (Wildman–Crippen MR) is 86.0 cm³/mol. The number of benzene rings is 1. The monoisotopic (exact) mass is 286 g/mol. The number of hydrogen-bond donors (Lipinski definition) is 2. The predicted octanol–water partition coefficient (Wildman–Crippen LogP) is 2.78. The standard InChI is InChI=1S/C16H22N4O/c1-4-7-11(2)20(3)16(21)13-10-15(19-17)18-14-9-6-5-8-12(13)14/h5-6,8-11H,4,7,17H2,1-3H3,(H,18,19). The van der Waals surface area contributed by atoms with Gasteiger partial charge in [-0.2, -0.15) is 0 Å². The van der Waals surface area contributed by atoms with Crippen molar-refractivity contribution in [3.8, 4) is 0 Å². The first-order valence-electron chi connectivity index (χ1n) is 7.22. The summed E-state index contributed by atoms with van der Waals surface area (Å²) in [7, 11) is 1.84. The molecule has 1 amide bonds. The molecule has 0 saturated carbocycles. The number of aromatic nitrogens is 1. The molecule has 1 aromatic carbocycles. The Labute approximate surface area is 125 Å². The minimum Gasteiger partial charge on any atom is -0.339 e. The highest BCUT2D eigenvalue weighted by Gasteiger charge is 2.20. The number of anilines is 1. The maximum atomic E-state index is 12.8. The van der Waals surface area contributed by atoms with Gasteiger partial charge in [0, 0.05) is 18.5 Å². The maximum Gasteiger partial charge on any atom is 0.254 e. The zero-order chi connectivity index (χ0) is 15.4. The van der Waals surface area contributed by atoms with Gasteiger partial charge in [0.2, 0.25) is 0 Å². The van der Waals surface area contributed by atoms with Gasteiger partial charge in [-0.15, -0.1) is 0 Å². The summed E-state index contributed by atoms with van der Waals surface area (Å²) >= 11 is 0. The van der Waals surface area contributed by atoms with Gasteiger partial charge >= 0.3 is 0 Å². The van der Waals surface area contributed by atoms with Gasteiger partial charge in [0.25, 0.3) is 5.91 Å². The number of hydrazine groups is 1. The van der Waals surface area contributed by atoms with Crippen LogP contribution < -0.4 is 11.3 Å². The highest BCUT2D eigenvalue weighted by molar-refractivity contribution is 6.06. The molecule has 1 unspecified atom stereocenters. The van der Waals surface area contributed by atoms with Crippen LogP contribution in [0.15, 0.2) is 30.3 Å². The van der Waals surface area contributed by atoms with Gasteiger partial charge in [0.05, 0.1) is 11.1 Å². The van der Waals surface area contributed by atoms with Crippen LogP contribution in [0.5, 0.6) is 0 Å². The molecule has 1 heterocycles. The van der Waals surface area contributed by atoms with Gasteiger partial charge in [-0.3, -0.25) is 4.79 Å². The van der Waals surface area contributed by atoms with Crippen molar-refractivity contribution in [3.05, 3.63) is 35.9 Å². The number of carbonyl (C=O) groups is 1. The molecule has 0 spiro atoms. The second kappa shape index (κ2) is 6.54. The van der Waals surface area contributed by atoms with Crippen LogP contribution in [0.25, 0.3) is 10.9 Å². The average Bonchev–Trinajstić information content (AvgIpc) is 2.52. The number of rotatable bonds is 5. The van der Waals surface area contributed by atoms with Crippen molar-refractivity contribution in [2.75, 3.05) is 12.5 Å². The molecule has 0 aliphatic carbocycles. The van der Waals surface area contributed by atoms with Gasteiger partial charge in [-0.05, 0) is 25.5 Å². The summed E-state index contributed by atoms with van der Waals surface area (Å²) in [5.74, 6) is 5.94. The van der Waals surface area contributed by atoms with Crippen LogP contribution >= 0.6 is 0 Å². The van der Waals surface area contributed by atoms with Crippen LogP contribution in [0.3, 0.4) is 0 Å². The number of nitrogens with two attached hydrogens (primary N) is 1. The molecule has 2 aromatic rings. The number of fused-ring (bicyclic) bond motifs is 1. The molecular weight excluding hydrogens is 264 g/mol. The summed E-state index contributed by atoms with van der Waals surface area (Å²) in [6.45, 7) is 4.18. The summed E-state index contributed by atoms with van der Waals surface area (Å²) in [6.07, 6.45) is 2.03. The molecule has 2 rings (SSSR count). The number of pyridine rings is 1. The first kappa shape index (κ1) is 15.3. The van der Waals surface area contributed by atoms with Crippen LogP contribution in [-0.4, -0.2) is 28.9 Å². The van der Waals surface area contributed by atoms with Crippen molar-refractivity contribution >= 4 is 22.6 Å². The lowest BCUT2D eigenvalue weighted by Crippen LogP contribution is -2.35. The second-order valence-corrected chi connectivity index (χ2v) is 5.27. The summed E-state index contributed by atoms with van der Waals surface area (Å²) < 4.78 is 0. The van der Waals surface area contributed by atoms with Gasteiger partial charge in [-0.1, -0.05) is 31.5 Å². The quantitative estimate of drug-likeness (QED) is 0.655. The Morgan fingerprint density at radius 3 is 2.81 bits per heavy atom. The number of para-hydroxylation sites is 1. The first-order valence-corrected chi connectivity index (χ1v) is 7.22. The summed E-state index contributed by atoms with van der Waals surface area (Å²) in [4.78, 5) is 18.9. The smallest absolute Gasteiger partial charge is 0.254 e. The lowest BCUT2D eigenvalue weighted by Gasteiger charge is -2.25. The third kappa shape index (κ3) is 3.13. The van der Waals surface area contributed by atoms with Crippen LogP contribution in [-0.2, 0) is 0 Å². The molecule has 0 radical (unpaired) electrons. The van der Waals surface area contributed by atoms with Gasteiger partial charge in [0.1, 0.15) is 5.82 Å². The molecule has 0 saturated heterocycles. The molecule has 0 aliphatic heterocycles. The molecule has 3 N–H and O–H groups in total. The van der Waals surface area contributed by atoms with E-state index in [1.54, 1.807) is 11.0 Å². The topological polar surface area (TPSA) is 71.2 Å². The fourth-order valence-corrected chi connectivity index (χ4v) is 2.43. The molecule has 5 nitrogen and oxygen atoms in total. The van der Waals surface area contributed by atoms with Crippen molar-refractivity contribution in [3.63, 3.8) is 0 Å². The van der Waals surface area contributed by atoms with Crippen LogP contribution in [0.4, 0.5) is 5.82 Å². The minimum absolute atomic E-state index is 0.00829. The van der Waals surface area contributed by atoms with Crippen molar-refractivity contribution in [2.24, 2.45) is 5.84 Å². The van der Waals surface area contributed by atoms with E-state index in [2.05, 4.69) is 24.3 Å². The Kier molecular flexibility index (Phi) is 4.75. The lowest BCUT2D eigenvalue weighted by atomic mass is 10.1. The Morgan fingerprint density at radius 1 is 1.43 bits per heavy atom. The number of nitrogen functional groups attached to an aromatic ring is 1. The third-order valence-corrected chi connectivity index (χ3v) is 3.78. The Balaban J connectivity index is 2.46. The van der Waals surface area contributed by atoms with E-state index in [-0.39, 0.29) is 11.9 Å². The Bertz CT molecular complexity index is 641. The highest BCUT2D eigenvalue weighted by atomic mass is 16.2. The molecular formula is C16H22N4O. The normalized spacial score (nSPS) is 12.2. The lowest BCUT2D eigenvalue weighted by molar-refractivity contribution is 0.0738. The molecule has 0 bridgehead atoms. The summed E-state index contributed by atoms with van der Waals surface area (Å²) in [5, 5.41) is 0.844. The van der Waals surface area contributed by atoms with Gasteiger partial charge in [0.15, 0.2) is 0 Å². The summed E-state index contributed by atoms with van der Waals surface area (Å²) in [5.41, 5.74) is 3.91. The van der Waals surface area contributed by atoms with Crippen LogP contribution in [0, 0.1) is 0 Å². The van der Waals surface area contributed by atoms with Crippen molar-refractivity contribution in [2.45, 2.75) is 32.7 Å². The third-order valence-electron chi connectivity index (χ3n) is 3.78. The molecule has 112 valence electrons. The van der Waals surface area contributed by atoms with E-state index in [1.165, 1.54) is 0 Å². The first-order chi connectivity index (χ1) is 10.1. The molecule has 1 atom stereocenters. The van der Waals surface area contributed by atoms with E-state index < -0.39 is 0 Å². The van der Waals surface area contributed by atoms with E-state index in [0.29, 0.717) is 11.4 Å². The van der Waals surface area contributed by atoms with E-state index in [1.807, 2.05) is 31.3 Å². The number of nitrogens with zero attached hydrogens (tertiary/aromatic N) is 2. The van der Waals surface area contributed by atoms with Crippen LogP contribution in [0.1, 0.15) is 37.0 Å². The number of amides is 1. The maximum absolute atomic E-state index is 12.8. The molecule has 0 fully saturated rings. The van der Waals surface area contributed by atoms with E-state index in [9.17, 15) is 4.79 Å². The molecule has 21 heavy (non-hydrogen) atoms. The average molecular weight is 286 g/mol. The number of carbonyl (C=O) groups excluding carboxylic acids is 1. The molecule has 0 aliphatic rings. The molecule has 5 heteroatoms. The van der Waals surface area contributed by atoms with Crippen molar-refractivity contribution < 1.29 is 4.79 Å². The Morgan fingerprint density at radius 2 is 2.14 bits per heavy atom. The van der Waals surface area contributed by atoms with Crippen molar-refractivity contribution in [1.82, 2.24) is 9.88 Å². The summed E-state index contributed by atoms with van der Waals surface area (Å²) in [6, 6.07) is 9.50. The number of nitrogens with one attached hydrogen (secondary N) is 1. The minimum atomic E-state index is -0.00829. The fourth-order valence-electron chi connectivity index (χ4n) is 2.43. The SMILES string of the molecule is CCCC(C)N(C)C(=O)c1cc(NN)nc2ccccc12. The zero-order valence-electron chi connectivity index (χ0n) is 12.8. The number of hydrogen-bond acceptors (Lipinski definition) is 4. The van der Waals surface area contributed by atoms with E-state index >= 15 is 0 Å². The Hall–Kier alpha value is -2.14. The zero-order valence-corrected chi connectivity index (χ0v) is 12.8. The van der Waals surface area contributed by atoms with Gasteiger partial charge in [-0.25, -0.2) is 10.8 Å². The second-order valence-electron chi connectivity index (χ2n) is 5.27. The van der Waals surface area contributed by atoms with E-state index in [4.69, 9.17) is 5.84 Å². The largest absolute Gasteiger partial charge is 0.339 e. The van der Waals surface area contributed by atoms with Crippen molar-refractivity contribution in [1.29, 1.82) is 0 Å².